The number of nitrogens with one attached hydrogen (secondary N) is 1. The molecule has 214 valence electrons. The third-order valence-corrected chi connectivity index (χ3v) is 8.28. The first-order valence-corrected chi connectivity index (χ1v) is 14.5. The Labute approximate surface area is 235 Å². The van der Waals surface area contributed by atoms with Crippen molar-refractivity contribution in [3.8, 4) is 5.75 Å². The number of carbonyl (C=O) groups is 2. The Morgan fingerprint density at radius 2 is 1.65 bits per heavy atom. The second-order valence-electron chi connectivity index (χ2n) is 9.58. The van der Waals surface area contributed by atoms with Crippen LogP contribution in [0, 0.1) is 19.7 Å². The molecule has 1 atom stereocenters. The van der Waals surface area contributed by atoms with Crippen molar-refractivity contribution in [2.75, 3.05) is 24.5 Å². The number of anilines is 1. The number of nitrogens with zero attached hydrogens (tertiary/aromatic N) is 2. The van der Waals surface area contributed by atoms with Crippen LogP contribution in [0.3, 0.4) is 0 Å². The third-order valence-electron chi connectivity index (χ3n) is 6.51. The van der Waals surface area contributed by atoms with Gasteiger partial charge >= 0.3 is 0 Å². The number of benzene rings is 3. The third kappa shape index (κ3) is 7.18. The molecule has 2 amide bonds. The summed E-state index contributed by atoms with van der Waals surface area (Å²) in [4.78, 5) is 28.1. The summed E-state index contributed by atoms with van der Waals surface area (Å²) >= 11 is 0. The zero-order valence-corrected chi connectivity index (χ0v) is 24.3. The second kappa shape index (κ2) is 13.4. The van der Waals surface area contributed by atoms with Crippen LogP contribution in [-0.2, 0) is 26.2 Å². The maximum absolute atomic E-state index is 14.6. The fourth-order valence-electron chi connectivity index (χ4n) is 4.13. The monoisotopic (exact) mass is 569 g/mol. The van der Waals surface area contributed by atoms with E-state index in [1.165, 1.54) is 49.3 Å². The van der Waals surface area contributed by atoms with Crippen LogP contribution in [0.25, 0.3) is 0 Å². The van der Waals surface area contributed by atoms with Crippen molar-refractivity contribution in [2.24, 2.45) is 0 Å². The summed E-state index contributed by atoms with van der Waals surface area (Å²) in [5.74, 6) is -1.39. The number of amides is 2. The number of halogens is 1. The average Bonchev–Trinajstić information content (AvgIpc) is 2.93. The molecule has 0 aliphatic carbocycles. The number of ether oxygens (including phenoxy) is 1. The number of rotatable bonds is 12. The Morgan fingerprint density at radius 3 is 2.27 bits per heavy atom. The van der Waals surface area contributed by atoms with Gasteiger partial charge in [-0.05, 0) is 63.1 Å². The Morgan fingerprint density at radius 1 is 1.00 bits per heavy atom. The van der Waals surface area contributed by atoms with Gasteiger partial charge in [-0.15, -0.1) is 0 Å². The number of carbonyl (C=O) groups excluding carboxylic acids is 2. The van der Waals surface area contributed by atoms with E-state index in [9.17, 15) is 22.4 Å². The van der Waals surface area contributed by atoms with Gasteiger partial charge in [0.2, 0.25) is 11.8 Å². The van der Waals surface area contributed by atoms with Crippen LogP contribution in [0.2, 0.25) is 0 Å². The minimum Gasteiger partial charge on any atom is -0.495 e. The molecule has 0 aliphatic rings. The highest BCUT2D eigenvalue weighted by Gasteiger charge is 2.34. The Bertz CT molecular complexity index is 1440. The predicted octanol–water partition coefficient (Wildman–Crippen LogP) is 4.59. The molecule has 10 heteroatoms. The Hall–Kier alpha value is -3.92. The SMILES string of the molecule is CCCNC(=O)[C@H](C)N(Cc1ccccc1F)C(=O)CN(c1cc(C)ccc1OC)S(=O)(=O)c1ccc(C)cc1. The van der Waals surface area contributed by atoms with Crippen molar-refractivity contribution in [1.82, 2.24) is 10.2 Å². The lowest BCUT2D eigenvalue weighted by Gasteiger charge is -2.32. The van der Waals surface area contributed by atoms with E-state index in [4.69, 9.17) is 4.74 Å². The predicted molar refractivity (Wildman–Crippen MR) is 153 cm³/mol. The van der Waals surface area contributed by atoms with E-state index in [1.807, 2.05) is 13.8 Å². The summed E-state index contributed by atoms with van der Waals surface area (Å²) in [5, 5.41) is 2.76. The number of hydrogen-bond acceptors (Lipinski definition) is 5. The van der Waals surface area contributed by atoms with Gasteiger partial charge < -0.3 is 15.0 Å². The second-order valence-corrected chi connectivity index (χ2v) is 11.4. The summed E-state index contributed by atoms with van der Waals surface area (Å²) < 4.78 is 49.1. The van der Waals surface area contributed by atoms with Crippen molar-refractivity contribution in [3.63, 3.8) is 0 Å². The number of hydrogen-bond donors (Lipinski definition) is 1. The van der Waals surface area contributed by atoms with Gasteiger partial charge in [-0.3, -0.25) is 13.9 Å². The van der Waals surface area contributed by atoms with E-state index in [1.54, 1.807) is 43.3 Å². The average molecular weight is 570 g/mol. The highest BCUT2D eigenvalue weighted by molar-refractivity contribution is 7.92. The molecule has 0 saturated heterocycles. The normalized spacial score (nSPS) is 11.9. The van der Waals surface area contributed by atoms with Gasteiger partial charge in [0.1, 0.15) is 24.2 Å². The molecule has 0 aliphatic heterocycles. The highest BCUT2D eigenvalue weighted by atomic mass is 32.2. The van der Waals surface area contributed by atoms with Gasteiger partial charge in [0.25, 0.3) is 10.0 Å². The lowest BCUT2D eigenvalue weighted by Crippen LogP contribution is -2.51. The van der Waals surface area contributed by atoms with Gasteiger partial charge in [0.15, 0.2) is 0 Å². The minimum absolute atomic E-state index is 0.0103. The molecule has 0 unspecified atom stereocenters. The van der Waals surface area contributed by atoms with E-state index < -0.39 is 40.2 Å². The highest BCUT2D eigenvalue weighted by Crippen LogP contribution is 2.34. The van der Waals surface area contributed by atoms with Gasteiger partial charge in [-0.25, -0.2) is 12.8 Å². The van der Waals surface area contributed by atoms with Crippen molar-refractivity contribution in [1.29, 1.82) is 0 Å². The summed E-state index contributed by atoms with van der Waals surface area (Å²) in [6.45, 7) is 6.61. The molecule has 0 heterocycles. The first-order chi connectivity index (χ1) is 19.0. The summed E-state index contributed by atoms with van der Waals surface area (Å²) in [6.07, 6.45) is 0.690. The van der Waals surface area contributed by atoms with E-state index in [2.05, 4.69) is 5.32 Å². The van der Waals surface area contributed by atoms with Crippen LogP contribution in [0.4, 0.5) is 10.1 Å². The van der Waals surface area contributed by atoms with Crippen molar-refractivity contribution >= 4 is 27.5 Å². The van der Waals surface area contributed by atoms with Crippen LogP contribution in [0.15, 0.2) is 71.6 Å². The van der Waals surface area contributed by atoms with Crippen LogP contribution >= 0.6 is 0 Å². The molecule has 0 radical (unpaired) electrons. The molecule has 0 fully saturated rings. The first-order valence-electron chi connectivity index (χ1n) is 13.0. The molecule has 8 nitrogen and oxygen atoms in total. The van der Waals surface area contributed by atoms with E-state index in [-0.39, 0.29) is 28.4 Å². The molecule has 1 N–H and O–H groups in total. The molecule has 3 aromatic rings. The zero-order valence-electron chi connectivity index (χ0n) is 23.5. The largest absolute Gasteiger partial charge is 0.495 e. The molecule has 3 rings (SSSR count). The van der Waals surface area contributed by atoms with E-state index in [0.717, 1.165) is 15.4 Å². The molecular formula is C30H36FN3O5S. The molecule has 0 saturated carbocycles. The van der Waals surface area contributed by atoms with Crippen molar-refractivity contribution < 1.29 is 27.1 Å². The standard InChI is InChI=1S/C30H36FN3O5S/c1-6-17-32-30(36)23(4)33(19-24-9-7-8-10-26(24)31)29(35)20-34(27-18-22(3)13-16-28(27)39-5)40(37,38)25-14-11-21(2)12-15-25/h7-16,18,23H,6,17,19-20H2,1-5H3,(H,32,36)/t23-/m0/s1. The fraction of sp³-hybridized carbons (Fsp3) is 0.333. The quantitative estimate of drug-likeness (QED) is 0.344. The first kappa shape index (κ1) is 30.6. The smallest absolute Gasteiger partial charge is 0.264 e. The molecule has 0 bridgehead atoms. The van der Waals surface area contributed by atoms with Crippen LogP contribution in [0.5, 0.6) is 5.75 Å². The van der Waals surface area contributed by atoms with Crippen molar-refractivity contribution in [3.05, 3.63) is 89.2 Å². The lowest BCUT2D eigenvalue weighted by molar-refractivity contribution is -0.139. The Balaban J connectivity index is 2.10. The number of aryl methyl sites for hydroxylation is 2. The van der Waals surface area contributed by atoms with Gasteiger partial charge in [-0.2, -0.15) is 0 Å². The molecule has 3 aromatic carbocycles. The molecular weight excluding hydrogens is 533 g/mol. The number of sulfonamides is 1. The summed E-state index contributed by atoms with van der Waals surface area (Å²) in [6, 6.07) is 16.3. The van der Waals surface area contributed by atoms with E-state index in [0.29, 0.717) is 13.0 Å². The van der Waals surface area contributed by atoms with Gasteiger partial charge in [0, 0.05) is 18.7 Å². The number of methoxy groups -OCH3 is 1. The zero-order chi connectivity index (χ0) is 29.4. The summed E-state index contributed by atoms with van der Waals surface area (Å²) in [7, 11) is -2.84. The fourth-order valence-corrected chi connectivity index (χ4v) is 5.55. The topological polar surface area (TPSA) is 96.0 Å². The Kier molecular flexibility index (Phi) is 10.3. The minimum atomic E-state index is -4.26. The van der Waals surface area contributed by atoms with E-state index >= 15 is 0 Å². The summed E-state index contributed by atoms with van der Waals surface area (Å²) in [5.41, 5.74) is 2.00. The van der Waals surface area contributed by atoms with Crippen LogP contribution in [-0.4, -0.2) is 51.4 Å². The maximum atomic E-state index is 14.6. The van der Waals surface area contributed by atoms with Gasteiger partial charge in [0.05, 0.1) is 17.7 Å². The van der Waals surface area contributed by atoms with Gasteiger partial charge in [-0.1, -0.05) is 48.9 Å². The molecule has 0 aromatic heterocycles. The molecule has 40 heavy (non-hydrogen) atoms. The van der Waals surface area contributed by atoms with Crippen LogP contribution < -0.4 is 14.4 Å². The molecule has 0 spiro atoms. The maximum Gasteiger partial charge on any atom is 0.264 e. The van der Waals surface area contributed by atoms with Crippen LogP contribution in [0.1, 0.15) is 37.0 Å². The lowest BCUT2D eigenvalue weighted by atomic mass is 10.1. The van der Waals surface area contributed by atoms with Crippen molar-refractivity contribution in [2.45, 2.75) is 51.6 Å².